The summed E-state index contributed by atoms with van der Waals surface area (Å²) in [5.41, 5.74) is 2.82. The van der Waals surface area contributed by atoms with E-state index in [9.17, 15) is 0 Å². The van der Waals surface area contributed by atoms with Gasteiger partial charge < -0.3 is 5.32 Å². The van der Waals surface area contributed by atoms with Crippen LogP contribution in [0.1, 0.15) is 44.7 Å². The highest BCUT2D eigenvalue weighted by atomic mass is 79.9. The van der Waals surface area contributed by atoms with Gasteiger partial charge in [-0.3, -0.25) is 0 Å². The molecule has 0 atom stereocenters. The van der Waals surface area contributed by atoms with Gasteiger partial charge in [0.15, 0.2) is 0 Å². The van der Waals surface area contributed by atoms with E-state index in [0.29, 0.717) is 0 Å². The molecule has 0 amide bonds. The summed E-state index contributed by atoms with van der Waals surface area (Å²) in [5, 5.41) is 3.48. The number of nitrogens with one attached hydrogen (secondary N) is 1. The molecule has 0 fully saturated rings. The topological polar surface area (TPSA) is 12.0 Å². The van der Waals surface area contributed by atoms with Crippen LogP contribution in [0.15, 0.2) is 21.1 Å². The summed E-state index contributed by atoms with van der Waals surface area (Å²) in [6, 6.07) is 4.44. The Morgan fingerprint density at radius 2 is 1.78 bits per heavy atom. The van der Waals surface area contributed by atoms with Gasteiger partial charge in [-0.1, -0.05) is 52.6 Å². The second-order valence-electron chi connectivity index (χ2n) is 5.47. The Bertz CT molecular complexity index is 400. The third-order valence-corrected chi connectivity index (χ3v) is 4.84. The Labute approximate surface area is 128 Å². The molecular formula is C15H23Br2N. The van der Waals surface area contributed by atoms with Crippen LogP contribution in [0.4, 0.5) is 0 Å². The van der Waals surface area contributed by atoms with Crippen molar-refractivity contribution in [1.29, 1.82) is 0 Å². The normalized spacial score (nSPS) is 11.9. The molecule has 3 heteroatoms. The van der Waals surface area contributed by atoms with Crippen molar-refractivity contribution in [2.45, 2.75) is 46.0 Å². The van der Waals surface area contributed by atoms with E-state index in [-0.39, 0.29) is 5.41 Å². The number of hydrogen-bond donors (Lipinski definition) is 1. The van der Waals surface area contributed by atoms with Gasteiger partial charge in [0.05, 0.1) is 0 Å². The van der Waals surface area contributed by atoms with E-state index in [1.165, 1.54) is 26.5 Å². The minimum absolute atomic E-state index is 0.176. The van der Waals surface area contributed by atoms with E-state index >= 15 is 0 Å². The lowest BCUT2D eigenvalue weighted by molar-refractivity contribution is 0.455. The van der Waals surface area contributed by atoms with Crippen molar-refractivity contribution >= 4 is 31.9 Å². The van der Waals surface area contributed by atoms with E-state index in [1.807, 2.05) is 0 Å². The molecule has 1 rings (SSSR count). The molecule has 0 aliphatic heterocycles. The first-order chi connectivity index (χ1) is 8.38. The lowest BCUT2D eigenvalue weighted by atomic mass is 9.81. The third-order valence-electron chi connectivity index (χ3n) is 3.33. The molecule has 0 aliphatic rings. The van der Waals surface area contributed by atoms with Crippen LogP contribution in [0.2, 0.25) is 0 Å². The molecule has 0 aromatic heterocycles. The molecule has 0 saturated carbocycles. The summed E-state index contributed by atoms with van der Waals surface area (Å²) in [4.78, 5) is 0. The largest absolute Gasteiger partial charge is 0.317 e. The van der Waals surface area contributed by atoms with Crippen molar-refractivity contribution in [2.75, 3.05) is 13.1 Å². The van der Waals surface area contributed by atoms with Crippen molar-refractivity contribution in [1.82, 2.24) is 5.32 Å². The van der Waals surface area contributed by atoms with Crippen LogP contribution in [0.5, 0.6) is 0 Å². The first kappa shape index (κ1) is 16.2. The third kappa shape index (κ3) is 4.36. The molecule has 1 nitrogen and oxygen atoms in total. The van der Waals surface area contributed by atoms with E-state index in [0.717, 1.165) is 19.5 Å². The fourth-order valence-corrected chi connectivity index (χ4v) is 3.34. The minimum atomic E-state index is 0.176. The highest BCUT2D eigenvalue weighted by molar-refractivity contribution is 9.11. The Morgan fingerprint density at radius 1 is 1.11 bits per heavy atom. The smallest absolute Gasteiger partial charge is 0.0216 e. The summed E-state index contributed by atoms with van der Waals surface area (Å²) in [7, 11) is 0. The van der Waals surface area contributed by atoms with Crippen molar-refractivity contribution in [3.05, 3.63) is 32.2 Å². The molecule has 0 saturated heterocycles. The van der Waals surface area contributed by atoms with Gasteiger partial charge >= 0.3 is 0 Å². The summed E-state index contributed by atoms with van der Waals surface area (Å²) < 4.78 is 2.40. The second-order valence-corrected chi connectivity index (χ2v) is 7.17. The monoisotopic (exact) mass is 375 g/mol. The van der Waals surface area contributed by atoms with Gasteiger partial charge in [-0.05, 0) is 61.5 Å². The second kappa shape index (κ2) is 7.06. The Balaban J connectivity index is 2.80. The number of rotatable bonds is 6. The van der Waals surface area contributed by atoms with Crippen molar-refractivity contribution in [3.63, 3.8) is 0 Å². The average molecular weight is 377 g/mol. The standard InChI is InChI=1S/C15H23Br2N/c1-5-7-18-8-6-15(3,4)12-10-13(16)11(2)9-14(12)17/h9-10,18H,5-8H2,1-4H3. The number of aryl methyl sites for hydroxylation is 1. The van der Waals surface area contributed by atoms with E-state index in [2.05, 4.69) is 77.0 Å². The zero-order valence-corrected chi connectivity index (χ0v) is 14.9. The van der Waals surface area contributed by atoms with Crippen LogP contribution in [-0.4, -0.2) is 13.1 Å². The Kier molecular flexibility index (Phi) is 6.36. The maximum Gasteiger partial charge on any atom is 0.0216 e. The van der Waals surface area contributed by atoms with E-state index in [4.69, 9.17) is 0 Å². The van der Waals surface area contributed by atoms with Crippen LogP contribution < -0.4 is 5.32 Å². The van der Waals surface area contributed by atoms with Gasteiger partial charge in [0, 0.05) is 8.95 Å². The average Bonchev–Trinajstić information content (AvgIpc) is 2.29. The highest BCUT2D eigenvalue weighted by Crippen LogP contribution is 2.36. The molecule has 18 heavy (non-hydrogen) atoms. The molecule has 1 N–H and O–H groups in total. The predicted octanol–water partition coefficient (Wildman–Crippen LogP) is 5.19. The molecule has 0 spiro atoms. The van der Waals surface area contributed by atoms with Crippen LogP contribution in [0.25, 0.3) is 0 Å². The van der Waals surface area contributed by atoms with Gasteiger partial charge in [0.25, 0.3) is 0 Å². The van der Waals surface area contributed by atoms with E-state index < -0.39 is 0 Å². The zero-order chi connectivity index (χ0) is 13.8. The quantitative estimate of drug-likeness (QED) is 0.673. The van der Waals surface area contributed by atoms with Gasteiger partial charge in [0.2, 0.25) is 0 Å². The maximum absolute atomic E-state index is 3.70. The van der Waals surface area contributed by atoms with Crippen LogP contribution in [-0.2, 0) is 5.41 Å². The number of hydrogen-bond acceptors (Lipinski definition) is 1. The molecule has 0 unspecified atom stereocenters. The SMILES string of the molecule is CCCNCCC(C)(C)c1cc(Br)c(C)cc1Br. The maximum atomic E-state index is 3.70. The number of benzene rings is 1. The van der Waals surface area contributed by atoms with Gasteiger partial charge in [-0.2, -0.15) is 0 Å². The highest BCUT2D eigenvalue weighted by Gasteiger charge is 2.23. The van der Waals surface area contributed by atoms with E-state index in [1.54, 1.807) is 0 Å². The van der Waals surface area contributed by atoms with Crippen molar-refractivity contribution < 1.29 is 0 Å². The minimum Gasteiger partial charge on any atom is -0.317 e. The van der Waals surface area contributed by atoms with Crippen LogP contribution >= 0.6 is 31.9 Å². The zero-order valence-electron chi connectivity index (χ0n) is 11.7. The van der Waals surface area contributed by atoms with Crippen molar-refractivity contribution in [3.8, 4) is 0 Å². The fourth-order valence-electron chi connectivity index (χ4n) is 2.00. The predicted molar refractivity (Wildman–Crippen MR) is 87.4 cm³/mol. The van der Waals surface area contributed by atoms with Crippen molar-refractivity contribution in [2.24, 2.45) is 0 Å². The fraction of sp³-hybridized carbons (Fsp3) is 0.600. The van der Waals surface area contributed by atoms with Gasteiger partial charge in [0.1, 0.15) is 0 Å². The number of halogens is 2. The summed E-state index contributed by atoms with van der Waals surface area (Å²) >= 11 is 7.33. The molecule has 0 radical (unpaired) electrons. The van der Waals surface area contributed by atoms with Crippen LogP contribution in [0, 0.1) is 6.92 Å². The molecule has 1 aromatic rings. The van der Waals surface area contributed by atoms with Crippen LogP contribution in [0.3, 0.4) is 0 Å². The molecule has 1 aromatic carbocycles. The summed E-state index contributed by atoms with van der Waals surface area (Å²) in [5.74, 6) is 0. The van der Waals surface area contributed by atoms with Gasteiger partial charge in [-0.25, -0.2) is 0 Å². The molecule has 0 bridgehead atoms. The Hall–Kier alpha value is 0.140. The lowest BCUT2D eigenvalue weighted by Crippen LogP contribution is -2.26. The summed E-state index contributed by atoms with van der Waals surface area (Å²) in [6.45, 7) is 11.1. The lowest BCUT2D eigenvalue weighted by Gasteiger charge is -2.27. The molecular weight excluding hydrogens is 354 g/mol. The first-order valence-corrected chi connectivity index (χ1v) is 8.14. The van der Waals surface area contributed by atoms with Gasteiger partial charge in [-0.15, -0.1) is 0 Å². The molecule has 102 valence electrons. The molecule has 0 aliphatic carbocycles. The first-order valence-electron chi connectivity index (χ1n) is 6.55. The summed E-state index contributed by atoms with van der Waals surface area (Å²) in [6.07, 6.45) is 2.33. The Morgan fingerprint density at radius 3 is 2.39 bits per heavy atom. The molecule has 0 heterocycles.